The number of nitrogens with one attached hydrogen (secondary N) is 1. The van der Waals surface area contributed by atoms with Crippen molar-refractivity contribution in [2.75, 3.05) is 13.2 Å². The molecule has 0 saturated heterocycles. The fraction of sp³-hybridized carbons (Fsp3) is 0.400. The van der Waals surface area contributed by atoms with E-state index in [2.05, 4.69) is 5.32 Å². The Balaban J connectivity index is 1.87. The Morgan fingerprint density at radius 1 is 1.24 bits per heavy atom. The summed E-state index contributed by atoms with van der Waals surface area (Å²) in [5, 5.41) is 11.5. The molecular weight excluding hydrogens is 272 g/mol. The third kappa shape index (κ3) is 3.28. The molecule has 2 N–H and O–H groups in total. The molecule has 0 spiro atoms. The van der Waals surface area contributed by atoms with Crippen LogP contribution in [0.1, 0.15) is 40.5 Å². The van der Waals surface area contributed by atoms with Crippen LogP contribution in [0.5, 0.6) is 0 Å². The molecule has 0 bridgehead atoms. The summed E-state index contributed by atoms with van der Waals surface area (Å²) in [7, 11) is 0. The number of carbonyl (C=O) groups excluding carboxylic acids is 3. The molecule has 1 aliphatic rings. The monoisotopic (exact) mass is 290 g/mol. The average molecular weight is 290 g/mol. The number of imide groups is 1. The minimum Gasteiger partial charge on any atom is -0.394 e. The van der Waals surface area contributed by atoms with E-state index < -0.39 is 0 Å². The van der Waals surface area contributed by atoms with E-state index in [1.54, 1.807) is 31.2 Å². The number of hydrogen-bond donors (Lipinski definition) is 2. The van der Waals surface area contributed by atoms with E-state index in [0.717, 1.165) is 0 Å². The van der Waals surface area contributed by atoms with Gasteiger partial charge in [0.25, 0.3) is 11.8 Å². The molecular formula is C15H18N2O4. The Bertz CT molecular complexity index is 536. The number of amides is 3. The molecule has 0 unspecified atom stereocenters. The van der Waals surface area contributed by atoms with Gasteiger partial charge in [0.05, 0.1) is 17.7 Å². The summed E-state index contributed by atoms with van der Waals surface area (Å²) < 4.78 is 0. The summed E-state index contributed by atoms with van der Waals surface area (Å²) in [4.78, 5) is 36.9. The molecule has 6 nitrogen and oxygen atoms in total. The van der Waals surface area contributed by atoms with Crippen LogP contribution < -0.4 is 5.32 Å². The highest BCUT2D eigenvalue weighted by Gasteiger charge is 2.34. The number of nitrogens with zero attached hydrogens (tertiary/aromatic N) is 1. The second kappa shape index (κ2) is 6.49. The maximum absolute atomic E-state index is 12.1. The van der Waals surface area contributed by atoms with Crippen LogP contribution in [0.3, 0.4) is 0 Å². The van der Waals surface area contributed by atoms with E-state index in [4.69, 9.17) is 5.11 Å². The zero-order chi connectivity index (χ0) is 15.4. The molecule has 112 valence electrons. The lowest BCUT2D eigenvalue weighted by molar-refractivity contribution is -0.122. The summed E-state index contributed by atoms with van der Waals surface area (Å²) in [6, 6.07) is 6.40. The summed E-state index contributed by atoms with van der Waals surface area (Å²) in [6.45, 7) is 1.79. The molecule has 1 heterocycles. The lowest BCUT2D eigenvalue weighted by Crippen LogP contribution is -2.36. The smallest absolute Gasteiger partial charge is 0.261 e. The zero-order valence-electron chi connectivity index (χ0n) is 11.8. The van der Waals surface area contributed by atoms with E-state index in [9.17, 15) is 14.4 Å². The van der Waals surface area contributed by atoms with Gasteiger partial charge in [-0.2, -0.15) is 0 Å². The van der Waals surface area contributed by atoms with Gasteiger partial charge >= 0.3 is 0 Å². The molecule has 0 radical (unpaired) electrons. The number of rotatable bonds is 6. The number of aliphatic hydroxyl groups is 1. The van der Waals surface area contributed by atoms with Gasteiger partial charge in [0.15, 0.2) is 0 Å². The van der Waals surface area contributed by atoms with E-state index in [-0.39, 0.29) is 43.3 Å². The molecule has 21 heavy (non-hydrogen) atoms. The first-order chi connectivity index (χ1) is 10.0. The predicted molar refractivity (Wildman–Crippen MR) is 75.7 cm³/mol. The molecule has 6 heteroatoms. The van der Waals surface area contributed by atoms with Crippen molar-refractivity contribution in [1.29, 1.82) is 0 Å². The van der Waals surface area contributed by atoms with Crippen molar-refractivity contribution in [1.82, 2.24) is 10.2 Å². The van der Waals surface area contributed by atoms with Crippen LogP contribution in [-0.4, -0.2) is 46.9 Å². The van der Waals surface area contributed by atoms with Crippen molar-refractivity contribution in [3.05, 3.63) is 35.4 Å². The van der Waals surface area contributed by atoms with Gasteiger partial charge in [-0.1, -0.05) is 12.1 Å². The highest BCUT2D eigenvalue weighted by Crippen LogP contribution is 2.22. The Kier molecular flexibility index (Phi) is 4.70. The highest BCUT2D eigenvalue weighted by molar-refractivity contribution is 6.21. The summed E-state index contributed by atoms with van der Waals surface area (Å²) in [6.07, 6.45) is 0.604. The van der Waals surface area contributed by atoms with Gasteiger partial charge in [0, 0.05) is 19.0 Å². The van der Waals surface area contributed by atoms with Gasteiger partial charge in [0.1, 0.15) is 0 Å². The van der Waals surface area contributed by atoms with Crippen LogP contribution in [0.15, 0.2) is 24.3 Å². The van der Waals surface area contributed by atoms with Crippen molar-refractivity contribution < 1.29 is 19.5 Å². The predicted octanol–water partition coefficient (Wildman–Crippen LogP) is 0.560. The van der Waals surface area contributed by atoms with E-state index in [1.165, 1.54) is 4.90 Å². The van der Waals surface area contributed by atoms with Gasteiger partial charge in [-0.25, -0.2) is 0 Å². The average Bonchev–Trinajstić information content (AvgIpc) is 2.72. The first-order valence-corrected chi connectivity index (χ1v) is 6.90. The number of aliphatic hydroxyl groups excluding tert-OH is 1. The van der Waals surface area contributed by atoms with Crippen LogP contribution in [0.4, 0.5) is 0 Å². The molecule has 1 aromatic rings. The molecule has 0 aliphatic carbocycles. The Hall–Kier alpha value is -2.21. The van der Waals surface area contributed by atoms with Gasteiger partial charge in [-0.15, -0.1) is 0 Å². The standard InChI is InChI=1S/C15H18N2O4/c1-10(9-18)16-13(19)7-4-8-17-14(20)11-5-2-3-6-12(11)15(17)21/h2-3,5-6,10,18H,4,7-9H2,1H3,(H,16,19)/t10-/m0/s1. The van der Waals surface area contributed by atoms with Gasteiger partial charge in [0.2, 0.25) is 5.91 Å². The first-order valence-electron chi connectivity index (χ1n) is 6.90. The van der Waals surface area contributed by atoms with Crippen molar-refractivity contribution in [3.8, 4) is 0 Å². The fourth-order valence-corrected chi connectivity index (χ4v) is 2.23. The molecule has 3 amide bonds. The van der Waals surface area contributed by atoms with E-state index in [0.29, 0.717) is 17.5 Å². The maximum atomic E-state index is 12.1. The highest BCUT2D eigenvalue weighted by atomic mass is 16.3. The normalized spacial score (nSPS) is 15.0. The summed E-state index contributed by atoms with van der Waals surface area (Å²) in [5.41, 5.74) is 0.835. The number of hydrogen-bond acceptors (Lipinski definition) is 4. The van der Waals surface area contributed by atoms with Gasteiger partial charge < -0.3 is 10.4 Å². The zero-order valence-corrected chi connectivity index (χ0v) is 11.8. The van der Waals surface area contributed by atoms with Crippen molar-refractivity contribution in [2.45, 2.75) is 25.8 Å². The molecule has 0 fully saturated rings. The molecule has 1 atom stereocenters. The van der Waals surface area contributed by atoms with Crippen molar-refractivity contribution >= 4 is 17.7 Å². The SMILES string of the molecule is C[C@@H](CO)NC(=O)CCCN1C(=O)c2ccccc2C1=O. The van der Waals surface area contributed by atoms with Crippen molar-refractivity contribution in [2.24, 2.45) is 0 Å². The second-order valence-electron chi connectivity index (χ2n) is 5.06. The number of fused-ring (bicyclic) bond motifs is 1. The minimum atomic E-state index is -0.306. The minimum absolute atomic E-state index is 0.121. The Morgan fingerprint density at radius 3 is 2.33 bits per heavy atom. The fourth-order valence-electron chi connectivity index (χ4n) is 2.23. The number of carbonyl (C=O) groups is 3. The first kappa shape index (κ1) is 15.2. The number of benzene rings is 1. The maximum Gasteiger partial charge on any atom is 0.261 e. The quantitative estimate of drug-likeness (QED) is 0.749. The van der Waals surface area contributed by atoms with Crippen LogP contribution in [0, 0.1) is 0 Å². The van der Waals surface area contributed by atoms with Crippen LogP contribution in [0.2, 0.25) is 0 Å². The largest absolute Gasteiger partial charge is 0.394 e. The third-order valence-electron chi connectivity index (χ3n) is 3.34. The van der Waals surface area contributed by atoms with Crippen LogP contribution >= 0.6 is 0 Å². The van der Waals surface area contributed by atoms with Crippen LogP contribution in [-0.2, 0) is 4.79 Å². The van der Waals surface area contributed by atoms with Gasteiger partial charge in [-0.3, -0.25) is 19.3 Å². The van der Waals surface area contributed by atoms with E-state index >= 15 is 0 Å². The lowest BCUT2D eigenvalue weighted by atomic mass is 10.1. The lowest BCUT2D eigenvalue weighted by Gasteiger charge is -2.14. The Morgan fingerprint density at radius 2 is 1.81 bits per heavy atom. The molecule has 0 aromatic heterocycles. The van der Waals surface area contributed by atoms with Crippen LogP contribution in [0.25, 0.3) is 0 Å². The molecule has 1 aromatic carbocycles. The second-order valence-corrected chi connectivity index (χ2v) is 5.06. The molecule has 2 rings (SSSR count). The molecule has 1 aliphatic heterocycles. The Labute approximate surface area is 122 Å². The van der Waals surface area contributed by atoms with E-state index in [1.807, 2.05) is 0 Å². The van der Waals surface area contributed by atoms with Gasteiger partial charge in [-0.05, 0) is 25.5 Å². The topological polar surface area (TPSA) is 86.7 Å². The summed E-state index contributed by atoms with van der Waals surface area (Å²) in [5.74, 6) is -0.812. The molecule has 0 saturated carbocycles. The van der Waals surface area contributed by atoms with Crippen molar-refractivity contribution in [3.63, 3.8) is 0 Å². The third-order valence-corrected chi connectivity index (χ3v) is 3.34. The summed E-state index contributed by atoms with van der Waals surface area (Å²) >= 11 is 0.